The SMILES string of the molecule is COCCn1c(CN(C)Cc2c(C)nc3ccccn23)cnc1S(=O)(=O)CC1CC1. The minimum absolute atomic E-state index is 0.167. The van der Waals surface area contributed by atoms with Crippen LogP contribution in [0.4, 0.5) is 0 Å². The molecule has 1 saturated carbocycles. The van der Waals surface area contributed by atoms with Crippen molar-refractivity contribution < 1.29 is 13.2 Å². The maximum absolute atomic E-state index is 12.9. The molecule has 0 atom stereocenters. The minimum atomic E-state index is -3.39. The zero-order valence-corrected chi connectivity index (χ0v) is 18.6. The van der Waals surface area contributed by atoms with E-state index in [1.165, 1.54) is 0 Å². The maximum atomic E-state index is 12.9. The zero-order valence-electron chi connectivity index (χ0n) is 17.8. The molecule has 0 saturated heterocycles. The second kappa shape index (κ2) is 8.49. The van der Waals surface area contributed by atoms with E-state index >= 15 is 0 Å². The van der Waals surface area contributed by atoms with Gasteiger partial charge in [0.1, 0.15) is 5.65 Å². The van der Waals surface area contributed by atoms with Crippen molar-refractivity contribution in [1.82, 2.24) is 23.8 Å². The van der Waals surface area contributed by atoms with Crippen LogP contribution >= 0.6 is 0 Å². The first-order chi connectivity index (χ1) is 14.4. The highest BCUT2D eigenvalue weighted by Gasteiger charge is 2.32. The first-order valence-electron chi connectivity index (χ1n) is 10.3. The molecule has 0 radical (unpaired) electrons. The number of aryl methyl sites for hydroxylation is 1. The van der Waals surface area contributed by atoms with Gasteiger partial charge in [-0.15, -0.1) is 0 Å². The van der Waals surface area contributed by atoms with E-state index in [9.17, 15) is 8.42 Å². The van der Waals surface area contributed by atoms with Crippen LogP contribution in [0.5, 0.6) is 0 Å². The van der Waals surface area contributed by atoms with Crippen LogP contribution in [0.1, 0.15) is 29.9 Å². The smallest absolute Gasteiger partial charge is 0.227 e. The van der Waals surface area contributed by atoms with Crippen molar-refractivity contribution in [3.05, 3.63) is 47.7 Å². The number of aromatic nitrogens is 4. The Bertz CT molecular complexity index is 1130. The Morgan fingerprint density at radius 3 is 2.80 bits per heavy atom. The lowest BCUT2D eigenvalue weighted by molar-refractivity contribution is 0.181. The summed E-state index contributed by atoms with van der Waals surface area (Å²) in [6.07, 6.45) is 5.69. The van der Waals surface area contributed by atoms with Crippen LogP contribution in [-0.4, -0.2) is 58.8 Å². The molecule has 1 aliphatic carbocycles. The fourth-order valence-electron chi connectivity index (χ4n) is 3.80. The van der Waals surface area contributed by atoms with E-state index in [0.717, 1.165) is 35.6 Å². The normalized spacial score (nSPS) is 14.8. The van der Waals surface area contributed by atoms with E-state index < -0.39 is 9.84 Å². The van der Waals surface area contributed by atoms with Crippen molar-refractivity contribution in [2.75, 3.05) is 26.5 Å². The van der Waals surface area contributed by atoms with Crippen LogP contribution in [0.15, 0.2) is 35.7 Å². The number of hydrogen-bond donors (Lipinski definition) is 0. The number of ether oxygens (including phenoxy) is 1. The number of sulfone groups is 1. The van der Waals surface area contributed by atoms with Crippen LogP contribution in [0.3, 0.4) is 0 Å². The Hall–Kier alpha value is -2.23. The third kappa shape index (κ3) is 4.43. The molecular formula is C21H29N5O3S. The van der Waals surface area contributed by atoms with E-state index in [4.69, 9.17) is 4.74 Å². The number of hydrogen-bond acceptors (Lipinski definition) is 6. The summed E-state index contributed by atoms with van der Waals surface area (Å²) in [5.74, 6) is 0.472. The predicted octanol–water partition coefficient (Wildman–Crippen LogP) is 2.30. The maximum Gasteiger partial charge on any atom is 0.227 e. The Balaban J connectivity index is 1.56. The van der Waals surface area contributed by atoms with Crippen LogP contribution in [0, 0.1) is 12.8 Å². The fraction of sp³-hybridized carbons (Fsp3) is 0.524. The molecule has 3 heterocycles. The minimum Gasteiger partial charge on any atom is -0.383 e. The van der Waals surface area contributed by atoms with Gasteiger partial charge in [0.25, 0.3) is 0 Å². The number of nitrogens with zero attached hydrogens (tertiary/aromatic N) is 5. The topological polar surface area (TPSA) is 81.7 Å². The summed E-state index contributed by atoms with van der Waals surface area (Å²) in [6, 6.07) is 5.97. The van der Waals surface area contributed by atoms with Crippen molar-refractivity contribution in [3.63, 3.8) is 0 Å². The summed E-state index contributed by atoms with van der Waals surface area (Å²) in [7, 11) is 0.246. The standard InChI is InChI=1S/C21H29N5O3S/c1-16-19(26-9-5-4-6-20(26)23-16)14-24(2)13-18-12-22-21(25(18)10-11-29-3)30(27,28)15-17-7-8-17/h4-6,9,12,17H,7-8,10-11,13-15H2,1-3H3. The van der Waals surface area contributed by atoms with E-state index in [2.05, 4.69) is 19.3 Å². The van der Waals surface area contributed by atoms with E-state index in [0.29, 0.717) is 26.2 Å². The largest absolute Gasteiger partial charge is 0.383 e. The van der Waals surface area contributed by atoms with Crippen LogP contribution in [-0.2, 0) is 34.2 Å². The summed E-state index contributed by atoms with van der Waals surface area (Å²) in [4.78, 5) is 11.1. The van der Waals surface area contributed by atoms with Gasteiger partial charge >= 0.3 is 0 Å². The van der Waals surface area contributed by atoms with E-state index in [-0.39, 0.29) is 16.8 Å². The average molecular weight is 432 g/mol. The molecule has 30 heavy (non-hydrogen) atoms. The molecule has 0 spiro atoms. The number of methoxy groups -OCH3 is 1. The highest BCUT2D eigenvalue weighted by atomic mass is 32.2. The summed E-state index contributed by atoms with van der Waals surface area (Å²) in [5.41, 5.74) is 3.92. The molecule has 4 rings (SSSR count). The fourth-order valence-corrected chi connectivity index (χ4v) is 5.66. The predicted molar refractivity (Wildman–Crippen MR) is 114 cm³/mol. The molecule has 0 aromatic carbocycles. The monoisotopic (exact) mass is 431 g/mol. The van der Waals surface area contributed by atoms with Gasteiger partial charge in [0.2, 0.25) is 15.0 Å². The van der Waals surface area contributed by atoms with Crippen molar-refractivity contribution in [2.45, 2.75) is 44.6 Å². The first kappa shape index (κ1) is 21.0. The quantitative estimate of drug-likeness (QED) is 0.490. The Morgan fingerprint density at radius 1 is 1.27 bits per heavy atom. The van der Waals surface area contributed by atoms with Crippen molar-refractivity contribution in [2.24, 2.45) is 5.92 Å². The molecule has 9 heteroatoms. The average Bonchev–Trinajstić information content (AvgIpc) is 3.32. The van der Waals surface area contributed by atoms with Crippen LogP contribution in [0.2, 0.25) is 0 Å². The lowest BCUT2D eigenvalue weighted by Crippen LogP contribution is -2.23. The molecule has 8 nitrogen and oxygen atoms in total. The van der Waals surface area contributed by atoms with Crippen molar-refractivity contribution >= 4 is 15.5 Å². The summed E-state index contributed by atoms with van der Waals surface area (Å²) >= 11 is 0. The Labute approximate surface area is 177 Å². The van der Waals surface area contributed by atoms with Gasteiger partial charge in [-0.25, -0.2) is 18.4 Å². The molecule has 0 N–H and O–H groups in total. The molecule has 0 aliphatic heterocycles. The molecule has 1 fully saturated rings. The summed E-state index contributed by atoms with van der Waals surface area (Å²) in [6.45, 7) is 4.19. The lowest BCUT2D eigenvalue weighted by Gasteiger charge is -2.19. The van der Waals surface area contributed by atoms with Gasteiger partial charge in [-0.2, -0.15) is 0 Å². The third-order valence-corrected chi connectivity index (χ3v) is 7.32. The second-order valence-electron chi connectivity index (χ2n) is 8.15. The highest BCUT2D eigenvalue weighted by molar-refractivity contribution is 7.91. The van der Waals surface area contributed by atoms with Crippen molar-refractivity contribution in [1.29, 1.82) is 0 Å². The van der Waals surface area contributed by atoms with E-state index in [1.54, 1.807) is 17.9 Å². The summed E-state index contributed by atoms with van der Waals surface area (Å²) in [5, 5.41) is 0.167. The molecule has 1 aliphatic rings. The summed E-state index contributed by atoms with van der Waals surface area (Å²) < 4.78 is 34.8. The van der Waals surface area contributed by atoms with E-state index in [1.807, 2.05) is 38.4 Å². The van der Waals surface area contributed by atoms with Crippen LogP contribution in [0.25, 0.3) is 5.65 Å². The number of imidazole rings is 2. The molecule has 0 amide bonds. The number of fused-ring (bicyclic) bond motifs is 1. The molecule has 162 valence electrons. The third-order valence-electron chi connectivity index (χ3n) is 5.53. The van der Waals surface area contributed by atoms with Gasteiger partial charge in [-0.1, -0.05) is 6.07 Å². The van der Waals surface area contributed by atoms with Gasteiger partial charge in [-0.05, 0) is 44.9 Å². The number of pyridine rings is 1. The molecule has 3 aromatic heterocycles. The highest BCUT2D eigenvalue weighted by Crippen LogP contribution is 2.32. The van der Waals surface area contributed by atoms with Gasteiger partial charge < -0.3 is 13.7 Å². The lowest BCUT2D eigenvalue weighted by atomic mass is 10.3. The first-order valence-corrected chi connectivity index (χ1v) is 11.9. The second-order valence-corrected chi connectivity index (χ2v) is 10.1. The Kier molecular flexibility index (Phi) is 5.95. The van der Waals surface area contributed by atoms with Crippen LogP contribution < -0.4 is 0 Å². The molecule has 3 aromatic rings. The molecule has 0 unspecified atom stereocenters. The van der Waals surface area contributed by atoms with Gasteiger partial charge in [0.15, 0.2) is 0 Å². The van der Waals surface area contributed by atoms with Crippen molar-refractivity contribution in [3.8, 4) is 0 Å². The van der Waals surface area contributed by atoms with Gasteiger partial charge in [0.05, 0.1) is 35.6 Å². The number of rotatable bonds is 10. The van der Waals surface area contributed by atoms with Gasteiger partial charge in [0, 0.05) is 32.9 Å². The molecule has 0 bridgehead atoms. The Morgan fingerprint density at radius 2 is 2.07 bits per heavy atom. The molecular weight excluding hydrogens is 402 g/mol. The zero-order chi connectivity index (χ0) is 21.3. The van der Waals surface area contributed by atoms with Gasteiger partial charge in [-0.3, -0.25) is 4.90 Å².